The molecule has 0 saturated heterocycles. The van der Waals surface area contributed by atoms with Crippen molar-refractivity contribution in [3.8, 4) is 0 Å². The fourth-order valence-corrected chi connectivity index (χ4v) is 1.08. The molecule has 1 aromatic carbocycles. The molecule has 0 spiro atoms. The van der Waals surface area contributed by atoms with Crippen LogP contribution in [0.4, 0.5) is 4.39 Å². The van der Waals surface area contributed by atoms with Crippen molar-refractivity contribution in [2.45, 2.75) is 19.9 Å². The first-order valence-electron chi connectivity index (χ1n) is 4.04. The van der Waals surface area contributed by atoms with Gasteiger partial charge in [-0.25, -0.2) is 4.39 Å². The molecule has 0 unspecified atom stereocenters. The van der Waals surface area contributed by atoms with Crippen LogP contribution >= 0.6 is 0 Å². The van der Waals surface area contributed by atoms with E-state index in [0.717, 1.165) is 11.1 Å². The Morgan fingerprint density at radius 2 is 2.00 bits per heavy atom. The summed E-state index contributed by atoms with van der Waals surface area (Å²) in [5.74, 6) is 0. The van der Waals surface area contributed by atoms with Crippen LogP contribution in [-0.2, 0) is 0 Å². The predicted octanol–water partition coefficient (Wildman–Crippen LogP) is 2.27. The molecule has 12 heavy (non-hydrogen) atoms. The van der Waals surface area contributed by atoms with Crippen molar-refractivity contribution in [3.05, 3.63) is 34.9 Å². The second-order valence-electron chi connectivity index (χ2n) is 3.10. The first-order chi connectivity index (χ1) is 5.65. The summed E-state index contributed by atoms with van der Waals surface area (Å²) in [6.07, 6.45) is 0. The van der Waals surface area contributed by atoms with Crippen LogP contribution in [-0.4, -0.2) is 6.67 Å². The molecule has 0 radical (unpaired) electrons. The minimum Gasteiger partial charge on any atom is -0.322 e. The quantitative estimate of drug-likeness (QED) is 0.718. The number of rotatable bonds is 2. The lowest BCUT2D eigenvalue weighted by Crippen LogP contribution is -2.12. The molecule has 2 heteroatoms. The zero-order chi connectivity index (χ0) is 9.14. The number of hydrogen-bond donors (Lipinski definition) is 1. The summed E-state index contributed by atoms with van der Waals surface area (Å²) in [7, 11) is 0. The molecular formula is C10H14FN. The molecule has 1 aromatic rings. The Balaban J connectivity index is 2.96. The molecular weight excluding hydrogens is 153 g/mol. The molecule has 1 nitrogen and oxygen atoms in total. The Morgan fingerprint density at radius 3 is 2.50 bits per heavy atom. The van der Waals surface area contributed by atoms with Crippen molar-refractivity contribution in [2.24, 2.45) is 5.73 Å². The number of nitrogens with two attached hydrogens (primary N) is 1. The van der Waals surface area contributed by atoms with Gasteiger partial charge in [-0.3, -0.25) is 0 Å². The van der Waals surface area contributed by atoms with Gasteiger partial charge in [-0.15, -0.1) is 0 Å². The third-order valence-electron chi connectivity index (χ3n) is 2.13. The highest BCUT2D eigenvalue weighted by Gasteiger charge is 2.05. The standard InChI is InChI=1S/C10H14FN/c1-7-3-4-9(5-8(7)2)10(12)6-11/h3-5,10H,6,12H2,1-2H3/t10-/m1/s1. The molecule has 0 amide bonds. The second-order valence-corrected chi connectivity index (χ2v) is 3.10. The van der Waals surface area contributed by atoms with Crippen LogP contribution in [0.25, 0.3) is 0 Å². The van der Waals surface area contributed by atoms with Gasteiger partial charge in [0.25, 0.3) is 0 Å². The lowest BCUT2D eigenvalue weighted by atomic mass is 10.0. The lowest BCUT2D eigenvalue weighted by Gasteiger charge is -2.09. The number of aryl methyl sites for hydroxylation is 2. The Hall–Kier alpha value is -0.890. The minimum atomic E-state index is -0.498. The van der Waals surface area contributed by atoms with Crippen molar-refractivity contribution in [1.82, 2.24) is 0 Å². The third kappa shape index (κ3) is 1.83. The molecule has 0 aromatic heterocycles. The lowest BCUT2D eigenvalue weighted by molar-refractivity contribution is 0.437. The average Bonchev–Trinajstić information content (AvgIpc) is 2.08. The van der Waals surface area contributed by atoms with E-state index in [4.69, 9.17) is 5.73 Å². The Morgan fingerprint density at radius 1 is 1.33 bits per heavy atom. The van der Waals surface area contributed by atoms with E-state index in [1.54, 1.807) is 0 Å². The van der Waals surface area contributed by atoms with Gasteiger partial charge >= 0.3 is 0 Å². The van der Waals surface area contributed by atoms with Crippen LogP contribution in [0.2, 0.25) is 0 Å². The van der Waals surface area contributed by atoms with Gasteiger partial charge in [0.2, 0.25) is 0 Å². The van der Waals surface area contributed by atoms with Crippen LogP contribution in [0.15, 0.2) is 18.2 Å². The van der Waals surface area contributed by atoms with Crippen molar-refractivity contribution in [1.29, 1.82) is 0 Å². The number of hydrogen-bond acceptors (Lipinski definition) is 1. The topological polar surface area (TPSA) is 26.0 Å². The highest BCUT2D eigenvalue weighted by atomic mass is 19.1. The van der Waals surface area contributed by atoms with Crippen molar-refractivity contribution < 1.29 is 4.39 Å². The number of halogens is 1. The monoisotopic (exact) mass is 167 g/mol. The first kappa shape index (κ1) is 9.20. The van der Waals surface area contributed by atoms with Crippen LogP contribution in [0, 0.1) is 13.8 Å². The Labute approximate surface area is 72.4 Å². The largest absolute Gasteiger partial charge is 0.322 e. The average molecular weight is 167 g/mol. The van der Waals surface area contributed by atoms with E-state index < -0.39 is 12.7 Å². The van der Waals surface area contributed by atoms with Gasteiger partial charge < -0.3 is 5.73 Å². The second kappa shape index (κ2) is 3.68. The van der Waals surface area contributed by atoms with Gasteiger partial charge in [0.15, 0.2) is 0 Å². The SMILES string of the molecule is Cc1ccc([C@H](N)CF)cc1C. The molecule has 0 fully saturated rings. The highest BCUT2D eigenvalue weighted by Crippen LogP contribution is 2.15. The summed E-state index contributed by atoms with van der Waals surface area (Å²) < 4.78 is 12.2. The maximum atomic E-state index is 12.2. The molecule has 0 aliphatic rings. The molecule has 0 saturated carbocycles. The smallest absolute Gasteiger partial charge is 0.109 e. The molecule has 1 atom stereocenters. The van der Waals surface area contributed by atoms with E-state index in [1.165, 1.54) is 5.56 Å². The molecule has 1 rings (SSSR count). The third-order valence-corrected chi connectivity index (χ3v) is 2.13. The fraction of sp³-hybridized carbons (Fsp3) is 0.400. The zero-order valence-electron chi connectivity index (χ0n) is 7.47. The molecule has 2 N–H and O–H groups in total. The van der Waals surface area contributed by atoms with Gasteiger partial charge in [-0.2, -0.15) is 0 Å². The van der Waals surface area contributed by atoms with Gasteiger partial charge in [0.05, 0.1) is 6.04 Å². The summed E-state index contributed by atoms with van der Waals surface area (Å²) in [6.45, 7) is 3.53. The van der Waals surface area contributed by atoms with Crippen LogP contribution < -0.4 is 5.73 Å². The van der Waals surface area contributed by atoms with Crippen molar-refractivity contribution in [2.75, 3.05) is 6.67 Å². The van der Waals surface area contributed by atoms with Crippen LogP contribution in [0.3, 0.4) is 0 Å². The van der Waals surface area contributed by atoms with Gasteiger partial charge in [-0.1, -0.05) is 18.2 Å². The van der Waals surface area contributed by atoms with Gasteiger partial charge in [0, 0.05) is 0 Å². The van der Waals surface area contributed by atoms with Crippen molar-refractivity contribution >= 4 is 0 Å². The fourth-order valence-electron chi connectivity index (χ4n) is 1.08. The normalized spacial score (nSPS) is 13.0. The summed E-state index contributed by atoms with van der Waals surface area (Å²) in [4.78, 5) is 0. The highest BCUT2D eigenvalue weighted by molar-refractivity contribution is 5.31. The molecule has 66 valence electrons. The number of benzene rings is 1. The van der Waals surface area contributed by atoms with E-state index in [0.29, 0.717) is 0 Å². The van der Waals surface area contributed by atoms with Crippen LogP contribution in [0.1, 0.15) is 22.7 Å². The van der Waals surface area contributed by atoms with Gasteiger partial charge in [-0.05, 0) is 30.5 Å². The Kier molecular flexibility index (Phi) is 2.82. The zero-order valence-corrected chi connectivity index (χ0v) is 7.47. The number of alkyl halides is 1. The molecule has 0 aliphatic carbocycles. The predicted molar refractivity (Wildman–Crippen MR) is 48.8 cm³/mol. The summed E-state index contributed by atoms with van der Waals surface area (Å²) in [5.41, 5.74) is 8.79. The van der Waals surface area contributed by atoms with E-state index in [9.17, 15) is 4.39 Å². The summed E-state index contributed by atoms with van der Waals surface area (Å²) >= 11 is 0. The maximum Gasteiger partial charge on any atom is 0.109 e. The molecule has 0 aliphatic heterocycles. The minimum absolute atomic E-state index is 0.468. The van der Waals surface area contributed by atoms with E-state index >= 15 is 0 Å². The summed E-state index contributed by atoms with van der Waals surface area (Å²) in [6, 6.07) is 5.33. The van der Waals surface area contributed by atoms with Crippen LogP contribution in [0.5, 0.6) is 0 Å². The maximum absolute atomic E-state index is 12.2. The molecule has 0 heterocycles. The van der Waals surface area contributed by atoms with E-state index in [2.05, 4.69) is 0 Å². The van der Waals surface area contributed by atoms with E-state index in [-0.39, 0.29) is 0 Å². The van der Waals surface area contributed by atoms with Gasteiger partial charge in [0.1, 0.15) is 6.67 Å². The first-order valence-corrected chi connectivity index (χ1v) is 4.04. The summed E-state index contributed by atoms with van der Waals surface area (Å²) in [5, 5.41) is 0. The van der Waals surface area contributed by atoms with Crippen molar-refractivity contribution in [3.63, 3.8) is 0 Å². The van der Waals surface area contributed by atoms with E-state index in [1.807, 2.05) is 32.0 Å². The Bertz CT molecular complexity index is 271. The molecule has 0 bridgehead atoms.